The fraction of sp³-hybridized carbons (Fsp3) is 0.714. The molecule has 1 heterocycles. The summed E-state index contributed by atoms with van der Waals surface area (Å²) in [5.41, 5.74) is 5.47. The molecule has 1 aromatic heterocycles. The van der Waals surface area contributed by atoms with Gasteiger partial charge < -0.3 is 10.3 Å². The monoisotopic (exact) mass is 184 g/mol. The van der Waals surface area contributed by atoms with E-state index in [0.29, 0.717) is 17.2 Å². The number of nitrogens with zero attached hydrogens (tertiary/aromatic N) is 2. The molecule has 66 valence electrons. The van der Waals surface area contributed by atoms with Crippen molar-refractivity contribution in [3.63, 3.8) is 0 Å². The van der Waals surface area contributed by atoms with Gasteiger partial charge in [-0.05, 0) is 25.1 Å². The van der Waals surface area contributed by atoms with Crippen LogP contribution in [0.25, 0.3) is 0 Å². The molecule has 0 unspecified atom stereocenters. The molecular weight excluding hydrogens is 172 g/mol. The summed E-state index contributed by atoms with van der Waals surface area (Å²) in [4.78, 5) is 0. The van der Waals surface area contributed by atoms with Crippen molar-refractivity contribution >= 4 is 12.2 Å². The Kier molecular flexibility index (Phi) is 1.98. The first-order valence-electron chi connectivity index (χ1n) is 4.18. The van der Waals surface area contributed by atoms with Crippen LogP contribution in [0.5, 0.6) is 0 Å². The number of nitrogens with one attached hydrogen (secondary N) is 1. The maximum absolute atomic E-state index is 5.47. The summed E-state index contributed by atoms with van der Waals surface area (Å²) in [5, 5.41) is 6.99. The summed E-state index contributed by atoms with van der Waals surface area (Å²) in [7, 11) is 0. The summed E-state index contributed by atoms with van der Waals surface area (Å²) in [6, 6.07) is 0. The Labute approximate surface area is 75.8 Å². The third kappa shape index (κ3) is 1.30. The smallest absolute Gasteiger partial charge is 0.195 e. The predicted octanol–water partition coefficient (Wildman–Crippen LogP) is 0.777. The van der Waals surface area contributed by atoms with E-state index in [4.69, 9.17) is 18.0 Å². The highest BCUT2D eigenvalue weighted by atomic mass is 32.1. The highest BCUT2D eigenvalue weighted by Crippen LogP contribution is 2.38. The molecule has 12 heavy (non-hydrogen) atoms. The average Bonchev–Trinajstić information content (AvgIpc) is 2.82. The lowest BCUT2D eigenvalue weighted by atomic mass is 10.4. The van der Waals surface area contributed by atoms with Gasteiger partial charge in [-0.3, -0.25) is 5.10 Å². The average molecular weight is 184 g/mol. The van der Waals surface area contributed by atoms with Gasteiger partial charge in [-0.25, -0.2) is 0 Å². The van der Waals surface area contributed by atoms with Crippen molar-refractivity contribution in [2.45, 2.75) is 25.3 Å². The van der Waals surface area contributed by atoms with E-state index in [-0.39, 0.29) is 0 Å². The van der Waals surface area contributed by atoms with E-state index in [1.807, 2.05) is 4.57 Å². The minimum Gasteiger partial charge on any atom is -0.329 e. The molecule has 5 heteroatoms. The van der Waals surface area contributed by atoms with E-state index < -0.39 is 0 Å². The number of hydrogen-bond donors (Lipinski definition) is 2. The zero-order chi connectivity index (χ0) is 8.55. The van der Waals surface area contributed by atoms with Crippen molar-refractivity contribution in [2.75, 3.05) is 6.54 Å². The van der Waals surface area contributed by atoms with Crippen LogP contribution in [0, 0.1) is 4.77 Å². The maximum atomic E-state index is 5.47. The summed E-state index contributed by atoms with van der Waals surface area (Å²) in [5.74, 6) is 1.72. The molecule has 3 N–H and O–H groups in total. The molecule has 0 bridgehead atoms. The van der Waals surface area contributed by atoms with Gasteiger partial charge in [0, 0.05) is 19.0 Å². The Morgan fingerprint density at radius 1 is 1.67 bits per heavy atom. The summed E-state index contributed by atoms with van der Waals surface area (Å²) in [6.07, 6.45) is 2.48. The Hall–Kier alpha value is -0.680. The highest BCUT2D eigenvalue weighted by Gasteiger charge is 2.28. The fourth-order valence-electron chi connectivity index (χ4n) is 1.33. The van der Waals surface area contributed by atoms with Crippen LogP contribution in [0.2, 0.25) is 0 Å². The van der Waals surface area contributed by atoms with Crippen molar-refractivity contribution in [3.8, 4) is 0 Å². The number of aromatic nitrogens is 3. The van der Waals surface area contributed by atoms with Crippen LogP contribution in [-0.2, 0) is 6.54 Å². The number of nitrogens with two attached hydrogens (primary N) is 1. The lowest BCUT2D eigenvalue weighted by molar-refractivity contribution is 0.656. The van der Waals surface area contributed by atoms with Crippen molar-refractivity contribution in [2.24, 2.45) is 5.73 Å². The lowest BCUT2D eigenvalue weighted by Crippen LogP contribution is -2.12. The quantitative estimate of drug-likeness (QED) is 0.682. The fourth-order valence-corrected chi connectivity index (χ4v) is 1.56. The highest BCUT2D eigenvalue weighted by molar-refractivity contribution is 7.71. The van der Waals surface area contributed by atoms with Crippen molar-refractivity contribution < 1.29 is 0 Å². The third-order valence-corrected chi connectivity index (χ3v) is 2.39. The van der Waals surface area contributed by atoms with E-state index in [2.05, 4.69) is 10.2 Å². The minimum atomic E-state index is 0.619. The second kappa shape index (κ2) is 2.99. The Morgan fingerprint density at radius 3 is 3.00 bits per heavy atom. The third-order valence-electron chi connectivity index (χ3n) is 2.08. The van der Waals surface area contributed by atoms with Gasteiger partial charge in [0.05, 0.1) is 0 Å². The SMILES string of the molecule is NCCn1c(C2CC2)n[nH]c1=S. The van der Waals surface area contributed by atoms with Crippen LogP contribution >= 0.6 is 12.2 Å². The molecule has 0 spiro atoms. The molecule has 1 saturated carbocycles. The topological polar surface area (TPSA) is 59.6 Å². The van der Waals surface area contributed by atoms with E-state index in [9.17, 15) is 0 Å². The summed E-state index contributed by atoms with van der Waals surface area (Å²) < 4.78 is 2.70. The van der Waals surface area contributed by atoms with Crippen LogP contribution in [0.1, 0.15) is 24.6 Å². The Balaban J connectivity index is 2.33. The molecule has 1 aromatic rings. The van der Waals surface area contributed by atoms with E-state index >= 15 is 0 Å². The molecule has 1 aliphatic rings. The van der Waals surface area contributed by atoms with Crippen LogP contribution in [0.3, 0.4) is 0 Å². The van der Waals surface area contributed by atoms with Gasteiger partial charge >= 0.3 is 0 Å². The normalized spacial score (nSPS) is 16.8. The van der Waals surface area contributed by atoms with Crippen LogP contribution in [0.15, 0.2) is 0 Å². The first kappa shape index (κ1) is 7.94. The van der Waals surface area contributed by atoms with Gasteiger partial charge in [-0.1, -0.05) is 0 Å². The standard InChI is InChI=1S/C7H12N4S/c8-3-4-11-6(5-1-2-5)9-10-7(11)12/h5H,1-4,8H2,(H,10,12). The zero-order valence-electron chi connectivity index (χ0n) is 6.79. The van der Waals surface area contributed by atoms with Crippen molar-refractivity contribution in [3.05, 3.63) is 10.6 Å². The van der Waals surface area contributed by atoms with E-state index in [1.165, 1.54) is 12.8 Å². The molecule has 1 aliphatic carbocycles. The van der Waals surface area contributed by atoms with Crippen LogP contribution in [0.4, 0.5) is 0 Å². The Bertz CT molecular complexity index is 322. The number of rotatable bonds is 3. The second-order valence-electron chi connectivity index (χ2n) is 3.10. The van der Waals surface area contributed by atoms with E-state index in [0.717, 1.165) is 12.4 Å². The van der Waals surface area contributed by atoms with Crippen molar-refractivity contribution in [1.82, 2.24) is 14.8 Å². The number of H-pyrrole nitrogens is 1. The number of aromatic amines is 1. The zero-order valence-corrected chi connectivity index (χ0v) is 7.60. The number of hydrogen-bond acceptors (Lipinski definition) is 3. The first-order valence-corrected chi connectivity index (χ1v) is 4.59. The summed E-state index contributed by atoms with van der Waals surface area (Å²) >= 11 is 5.07. The van der Waals surface area contributed by atoms with Gasteiger partial charge in [0.15, 0.2) is 4.77 Å². The predicted molar refractivity (Wildman–Crippen MR) is 48.4 cm³/mol. The van der Waals surface area contributed by atoms with Gasteiger partial charge in [-0.15, -0.1) is 0 Å². The van der Waals surface area contributed by atoms with Crippen LogP contribution in [-0.4, -0.2) is 21.3 Å². The van der Waals surface area contributed by atoms with Gasteiger partial charge in [0.1, 0.15) is 5.82 Å². The van der Waals surface area contributed by atoms with Crippen molar-refractivity contribution in [1.29, 1.82) is 0 Å². The van der Waals surface area contributed by atoms with Gasteiger partial charge in [-0.2, -0.15) is 5.10 Å². The molecule has 0 atom stereocenters. The van der Waals surface area contributed by atoms with Gasteiger partial charge in [0.25, 0.3) is 0 Å². The molecular formula is C7H12N4S. The molecule has 0 radical (unpaired) electrons. The molecule has 0 amide bonds. The molecule has 0 saturated heterocycles. The van der Waals surface area contributed by atoms with Crippen LogP contribution < -0.4 is 5.73 Å². The molecule has 4 nitrogen and oxygen atoms in total. The molecule has 1 fully saturated rings. The summed E-state index contributed by atoms with van der Waals surface area (Å²) in [6.45, 7) is 1.40. The van der Waals surface area contributed by atoms with Gasteiger partial charge in [0.2, 0.25) is 0 Å². The minimum absolute atomic E-state index is 0.619. The lowest BCUT2D eigenvalue weighted by Gasteiger charge is -2.01. The first-order chi connectivity index (χ1) is 5.83. The molecule has 2 rings (SSSR count). The second-order valence-corrected chi connectivity index (χ2v) is 3.49. The maximum Gasteiger partial charge on any atom is 0.195 e. The molecule has 0 aliphatic heterocycles. The largest absolute Gasteiger partial charge is 0.329 e. The molecule has 0 aromatic carbocycles. The van der Waals surface area contributed by atoms with E-state index in [1.54, 1.807) is 0 Å². The Morgan fingerprint density at radius 2 is 2.42 bits per heavy atom.